The number of ether oxygens (including phenoxy) is 1. The van der Waals surface area contributed by atoms with E-state index in [1.54, 1.807) is 11.3 Å². The van der Waals surface area contributed by atoms with Gasteiger partial charge in [0.25, 0.3) is 0 Å². The lowest BCUT2D eigenvalue weighted by Gasteiger charge is -2.14. The Labute approximate surface area is 185 Å². The van der Waals surface area contributed by atoms with Crippen LogP contribution in [-0.2, 0) is 11.2 Å². The molecule has 7 heteroatoms. The predicted molar refractivity (Wildman–Crippen MR) is 122 cm³/mol. The second-order valence-electron chi connectivity index (χ2n) is 7.76. The quantitative estimate of drug-likeness (QED) is 0.608. The number of nitrogens with two attached hydrogens (primary N) is 1. The molecular weight excluding hydrogens is 408 g/mol. The summed E-state index contributed by atoms with van der Waals surface area (Å²) < 4.78 is 5.72. The van der Waals surface area contributed by atoms with Crippen molar-refractivity contribution < 1.29 is 9.53 Å². The Morgan fingerprint density at radius 3 is 2.97 bits per heavy atom. The van der Waals surface area contributed by atoms with Crippen molar-refractivity contribution in [3.8, 4) is 32.8 Å². The van der Waals surface area contributed by atoms with Crippen LogP contribution in [0.3, 0.4) is 0 Å². The van der Waals surface area contributed by atoms with Crippen molar-refractivity contribution in [3.05, 3.63) is 59.3 Å². The largest absolute Gasteiger partial charge is 0.490 e. The summed E-state index contributed by atoms with van der Waals surface area (Å²) in [5, 5.41) is 13.4. The van der Waals surface area contributed by atoms with E-state index in [1.165, 1.54) is 5.56 Å². The summed E-state index contributed by atoms with van der Waals surface area (Å²) in [6, 6.07) is 14.0. The molecule has 0 saturated heterocycles. The van der Waals surface area contributed by atoms with E-state index in [0.29, 0.717) is 11.3 Å². The van der Waals surface area contributed by atoms with Crippen molar-refractivity contribution >= 4 is 17.2 Å². The Balaban J connectivity index is 1.64. The highest BCUT2D eigenvalue weighted by Gasteiger charge is 2.26. The third-order valence-corrected chi connectivity index (χ3v) is 6.35. The fourth-order valence-electron chi connectivity index (χ4n) is 3.93. The Bertz CT molecular complexity index is 1160. The first-order valence-electron chi connectivity index (χ1n) is 10.3. The highest BCUT2D eigenvalue weighted by atomic mass is 32.1. The summed E-state index contributed by atoms with van der Waals surface area (Å²) in [5.74, 6) is 0.450. The van der Waals surface area contributed by atoms with E-state index in [9.17, 15) is 10.1 Å². The standard InChI is InChI=1S/C24H24N4O2S/c1-14(2)30-21-9-6-15(10-16(21)11-25)24-27-13-22(31-24)19-5-3-4-18-17(19)7-8-20(18)28-23(29)12-26/h3-6,9-10,13-14,20H,7-8,12,26H2,1-2H3,(H,28,29)/t20-/m0/s1. The maximum absolute atomic E-state index is 11.8. The number of thiazole rings is 1. The fraction of sp³-hybridized carbons (Fsp3) is 0.292. The van der Waals surface area contributed by atoms with Crippen LogP contribution in [-0.4, -0.2) is 23.5 Å². The van der Waals surface area contributed by atoms with Crippen LogP contribution < -0.4 is 15.8 Å². The smallest absolute Gasteiger partial charge is 0.234 e. The molecule has 3 N–H and O–H groups in total. The third kappa shape index (κ3) is 4.31. The molecular formula is C24H24N4O2S. The topological polar surface area (TPSA) is 101 Å². The Kier molecular flexibility index (Phi) is 6.03. The van der Waals surface area contributed by atoms with Gasteiger partial charge in [-0.1, -0.05) is 18.2 Å². The maximum Gasteiger partial charge on any atom is 0.234 e. The van der Waals surface area contributed by atoms with E-state index in [2.05, 4.69) is 28.5 Å². The zero-order valence-electron chi connectivity index (χ0n) is 17.5. The highest BCUT2D eigenvalue weighted by molar-refractivity contribution is 7.18. The number of rotatable bonds is 6. The SMILES string of the molecule is CC(C)Oc1ccc(-c2ncc(-c3cccc4c3CC[C@@H]4NC(=O)CN)s2)cc1C#N. The highest BCUT2D eigenvalue weighted by Crippen LogP contribution is 2.41. The molecule has 0 unspecified atom stereocenters. The Morgan fingerprint density at radius 2 is 2.23 bits per heavy atom. The lowest BCUT2D eigenvalue weighted by molar-refractivity contribution is -0.120. The molecule has 1 amide bonds. The maximum atomic E-state index is 11.8. The Hall–Kier alpha value is -3.21. The summed E-state index contributed by atoms with van der Waals surface area (Å²) in [5.41, 5.74) is 10.4. The second kappa shape index (κ2) is 8.88. The van der Waals surface area contributed by atoms with Crippen molar-refractivity contribution in [2.24, 2.45) is 5.73 Å². The van der Waals surface area contributed by atoms with Crippen LogP contribution in [0.25, 0.3) is 21.0 Å². The van der Waals surface area contributed by atoms with Gasteiger partial charge >= 0.3 is 0 Å². The Morgan fingerprint density at radius 1 is 1.39 bits per heavy atom. The number of amides is 1. The zero-order valence-corrected chi connectivity index (χ0v) is 18.3. The van der Waals surface area contributed by atoms with Crippen molar-refractivity contribution in [2.75, 3.05) is 6.54 Å². The summed E-state index contributed by atoms with van der Waals surface area (Å²) in [7, 11) is 0. The minimum absolute atomic E-state index is 0.00283. The number of nitrogens with zero attached hydrogens (tertiary/aromatic N) is 2. The number of hydrogen-bond donors (Lipinski definition) is 2. The van der Waals surface area contributed by atoms with E-state index in [-0.39, 0.29) is 24.6 Å². The van der Waals surface area contributed by atoms with E-state index in [0.717, 1.165) is 39.4 Å². The van der Waals surface area contributed by atoms with E-state index >= 15 is 0 Å². The van der Waals surface area contributed by atoms with Gasteiger partial charge in [0.1, 0.15) is 16.8 Å². The molecule has 0 fully saturated rings. The molecule has 31 heavy (non-hydrogen) atoms. The number of aromatic nitrogens is 1. The minimum Gasteiger partial charge on any atom is -0.490 e. The zero-order chi connectivity index (χ0) is 22.0. The minimum atomic E-state index is -0.137. The summed E-state index contributed by atoms with van der Waals surface area (Å²) in [6.07, 6.45) is 3.65. The normalized spacial score (nSPS) is 14.9. The van der Waals surface area contributed by atoms with Gasteiger partial charge in [-0.15, -0.1) is 11.3 Å². The van der Waals surface area contributed by atoms with Crippen molar-refractivity contribution in [2.45, 2.75) is 38.8 Å². The average molecular weight is 433 g/mol. The summed E-state index contributed by atoms with van der Waals surface area (Å²) in [4.78, 5) is 17.4. The van der Waals surface area contributed by atoms with Gasteiger partial charge < -0.3 is 15.8 Å². The molecule has 1 atom stereocenters. The van der Waals surface area contributed by atoms with Crippen molar-refractivity contribution in [1.82, 2.24) is 10.3 Å². The molecule has 0 bridgehead atoms. The van der Waals surface area contributed by atoms with Crippen LogP contribution in [0.4, 0.5) is 0 Å². The van der Waals surface area contributed by atoms with Crippen molar-refractivity contribution in [1.29, 1.82) is 5.26 Å². The van der Waals surface area contributed by atoms with Gasteiger partial charge in [0.2, 0.25) is 5.91 Å². The van der Waals surface area contributed by atoms with Gasteiger partial charge in [0, 0.05) is 11.8 Å². The lowest BCUT2D eigenvalue weighted by atomic mass is 10.0. The summed E-state index contributed by atoms with van der Waals surface area (Å²) >= 11 is 1.59. The number of fused-ring (bicyclic) bond motifs is 1. The molecule has 0 radical (unpaired) electrons. The van der Waals surface area contributed by atoms with Gasteiger partial charge in [-0.2, -0.15) is 5.26 Å². The van der Waals surface area contributed by atoms with Crippen LogP contribution in [0.1, 0.15) is 43.0 Å². The molecule has 158 valence electrons. The second-order valence-corrected chi connectivity index (χ2v) is 8.79. The lowest BCUT2D eigenvalue weighted by Crippen LogP contribution is -2.32. The van der Waals surface area contributed by atoms with Crippen LogP contribution >= 0.6 is 11.3 Å². The van der Waals surface area contributed by atoms with Crippen LogP contribution in [0.5, 0.6) is 5.75 Å². The molecule has 0 saturated carbocycles. The fourth-order valence-corrected chi connectivity index (χ4v) is 4.89. The number of carbonyl (C=O) groups excluding carboxylic acids is 1. The third-order valence-electron chi connectivity index (χ3n) is 5.27. The number of hydrogen-bond acceptors (Lipinski definition) is 6. The van der Waals surface area contributed by atoms with E-state index in [1.807, 2.05) is 44.3 Å². The molecule has 0 spiro atoms. The number of nitrogens with one attached hydrogen (secondary N) is 1. The van der Waals surface area contributed by atoms with Gasteiger partial charge in [0.05, 0.1) is 29.1 Å². The van der Waals surface area contributed by atoms with Crippen molar-refractivity contribution in [3.63, 3.8) is 0 Å². The van der Waals surface area contributed by atoms with E-state index in [4.69, 9.17) is 10.5 Å². The molecule has 1 aliphatic carbocycles. The average Bonchev–Trinajstić information content (AvgIpc) is 3.41. The summed E-state index contributed by atoms with van der Waals surface area (Å²) in [6.45, 7) is 3.87. The predicted octanol–water partition coefficient (Wildman–Crippen LogP) is 4.20. The monoisotopic (exact) mass is 432 g/mol. The molecule has 6 nitrogen and oxygen atoms in total. The molecule has 1 aliphatic rings. The van der Waals surface area contributed by atoms with Crippen LogP contribution in [0, 0.1) is 11.3 Å². The number of nitriles is 1. The first kappa shape index (κ1) is 21.0. The molecule has 1 heterocycles. The van der Waals surface area contributed by atoms with Gasteiger partial charge in [-0.05, 0) is 61.6 Å². The number of carbonyl (C=O) groups is 1. The van der Waals surface area contributed by atoms with Gasteiger partial charge in [0.15, 0.2) is 0 Å². The van der Waals surface area contributed by atoms with E-state index < -0.39 is 0 Å². The molecule has 1 aromatic heterocycles. The molecule has 4 rings (SSSR count). The molecule has 2 aromatic carbocycles. The van der Waals surface area contributed by atoms with Gasteiger partial charge in [-0.25, -0.2) is 4.98 Å². The molecule has 0 aliphatic heterocycles. The molecule has 3 aromatic rings. The van der Waals surface area contributed by atoms with Gasteiger partial charge in [-0.3, -0.25) is 4.79 Å². The number of benzene rings is 2. The first-order chi connectivity index (χ1) is 15.0. The van der Waals surface area contributed by atoms with Crippen LogP contribution in [0.15, 0.2) is 42.6 Å². The van der Waals surface area contributed by atoms with Crippen LogP contribution in [0.2, 0.25) is 0 Å². The first-order valence-corrected chi connectivity index (χ1v) is 11.1.